The van der Waals surface area contributed by atoms with E-state index in [1.54, 1.807) is 0 Å². The van der Waals surface area contributed by atoms with Crippen molar-refractivity contribution in [2.75, 3.05) is 5.73 Å². The summed E-state index contributed by atoms with van der Waals surface area (Å²) in [5, 5.41) is 1.56. The number of pyridine rings is 1. The number of anilines is 1. The Morgan fingerprint density at radius 1 is 1.00 bits per heavy atom. The van der Waals surface area contributed by atoms with Gasteiger partial charge in [0.15, 0.2) is 0 Å². The third kappa shape index (κ3) is 2.01. The number of nitrogens with two attached hydrogens (primary N) is 2. The van der Waals surface area contributed by atoms with Crippen LogP contribution in [0.15, 0.2) is 48.5 Å². The van der Waals surface area contributed by atoms with Gasteiger partial charge in [0.05, 0.1) is 10.5 Å². The zero-order chi connectivity index (χ0) is 14.1. The van der Waals surface area contributed by atoms with Gasteiger partial charge in [-0.1, -0.05) is 54.1 Å². The van der Waals surface area contributed by atoms with Gasteiger partial charge in [-0.3, -0.25) is 0 Å². The molecular weight excluding hydrogens is 270 g/mol. The van der Waals surface area contributed by atoms with Gasteiger partial charge < -0.3 is 11.5 Å². The van der Waals surface area contributed by atoms with Crippen LogP contribution in [0.4, 0.5) is 5.82 Å². The van der Waals surface area contributed by atoms with Crippen molar-refractivity contribution in [1.29, 1.82) is 0 Å². The maximum absolute atomic E-state index is 6.23. The Balaban J connectivity index is 2.47. The number of aromatic nitrogens is 1. The van der Waals surface area contributed by atoms with E-state index >= 15 is 0 Å². The highest BCUT2D eigenvalue weighted by atomic mass is 35.5. The van der Waals surface area contributed by atoms with E-state index in [2.05, 4.69) is 4.98 Å². The minimum Gasteiger partial charge on any atom is -0.383 e. The van der Waals surface area contributed by atoms with Crippen LogP contribution >= 0.6 is 11.6 Å². The van der Waals surface area contributed by atoms with Crippen LogP contribution in [0.3, 0.4) is 0 Å². The fraction of sp³-hybridized carbons (Fsp3) is 0.0625. The molecule has 1 heterocycles. The lowest BCUT2D eigenvalue weighted by molar-refractivity contribution is 1.07. The Hall–Kier alpha value is -2.10. The molecule has 4 N–H and O–H groups in total. The van der Waals surface area contributed by atoms with Gasteiger partial charge in [-0.25, -0.2) is 4.98 Å². The minimum atomic E-state index is 0.339. The van der Waals surface area contributed by atoms with Gasteiger partial charge in [-0.15, -0.1) is 0 Å². The quantitative estimate of drug-likeness (QED) is 0.755. The minimum absolute atomic E-state index is 0.339. The van der Waals surface area contributed by atoms with E-state index in [1.165, 1.54) is 0 Å². The fourth-order valence-corrected chi connectivity index (χ4v) is 2.67. The Labute approximate surface area is 122 Å². The number of benzene rings is 2. The molecule has 20 heavy (non-hydrogen) atoms. The highest BCUT2D eigenvalue weighted by Gasteiger charge is 2.15. The Morgan fingerprint density at radius 3 is 2.45 bits per heavy atom. The molecule has 3 aromatic rings. The average Bonchev–Trinajstić information content (AvgIpc) is 2.48. The van der Waals surface area contributed by atoms with Gasteiger partial charge >= 0.3 is 0 Å². The molecule has 0 unspecified atom stereocenters. The molecule has 0 aliphatic carbocycles. The number of nitrogens with zero attached hydrogens (tertiary/aromatic N) is 1. The SMILES string of the molecule is NCc1c(N)nc2c(Cl)cccc2c1-c1ccccc1. The largest absolute Gasteiger partial charge is 0.383 e. The highest BCUT2D eigenvalue weighted by molar-refractivity contribution is 6.35. The molecular formula is C16H14ClN3. The summed E-state index contributed by atoms with van der Waals surface area (Å²) >= 11 is 6.23. The van der Waals surface area contributed by atoms with Crippen molar-refractivity contribution in [3.8, 4) is 11.1 Å². The highest BCUT2D eigenvalue weighted by Crippen LogP contribution is 2.36. The van der Waals surface area contributed by atoms with Crippen LogP contribution in [0.1, 0.15) is 5.56 Å². The molecule has 0 atom stereocenters. The average molecular weight is 284 g/mol. The van der Waals surface area contributed by atoms with Crippen molar-refractivity contribution in [3.63, 3.8) is 0 Å². The number of fused-ring (bicyclic) bond motifs is 1. The molecule has 0 radical (unpaired) electrons. The van der Waals surface area contributed by atoms with Crippen molar-refractivity contribution in [3.05, 3.63) is 59.1 Å². The molecule has 3 rings (SSSR count). The molecule has 0 saturated heterocycles. The summed E-state index contributed by atoms with van der Waals surface area (Å²) in [7, 11) is 0. The number of rotatable bonds is 2. The second-order valence-electron chi connectivity index (χ2n) is 4.56. The van der Waals surface area contributed by atoms with Crippen molar-refractivity contribution < 1.29 is 0 Å². The number of hydrogen-bond donors (Lipinski definition) is 2. The van der Waals surface area contributed by atoms with Crippen LogP contribution in [-0.2, 0) is 6.54 Å². The summed E-state index contributed by atoms with van der Waals surface area (Å²) in [5.41, 5.74) is 15.6. The van der Waals surface area contributed by atoms with Gasteiger partial charge in [-0.2, -0.15) is 0 Å². The van der Waals surface area contributed by atoms with Crippen LogP contribution in [-0.4, -0.2) is 4.98 Å². The normalized spacial score (nSPS) is 10.9. The standard InChI is InChI=1S/C16H14ClN3/c17-13-8-4-7-11-14(10-5-2-1-3-6-10)12(9-18)16(19)20-15(11)13/h1-8H,9,18H2,(H2,19,20). The van der Waals surface area contributed by atoms with E-state index < -0.39 is 0 Å². The molecule has 0 saturated carbocycles. The lowest BCUT2D eigenvalue weighted by Gasteiger charge is -2.14. The number of hydrogen-bond acceptors (Lipinski definition) is 3. The monoisotopic (exact) mass is 283 g/mol. The molecule has 0 aliphatic rings. The summed E-state index contributed by atoms with van der Waals surface area (Å²) in [5.74, 6) is 0.437. The fourth-order valence-electron chi connectivity index (χ4n) is 2.45. The van der Waals surface area contributed by atoms with Crippen molar-refractivity contribution in [2.24, 2.45) is 5.73 Å². The molecule has 0 aliphatic heterocycles. The van der Waals surface area contributed by atoms with E-state index in [1.807, 2.05) is 48.5 Å². The molecule has 1 aromatic heterocycles. The van der Waals surface area contributed by atoms with E-state index in [0.717, 1.165) is 22.1 Å². The predicted molar refractivity (Wildman–Crippen MR) is 84.5 cm³/mol. The van der Waals surface area contributed by atoms with Crippen molar-refractivity contribution >= 4 is 28.3 Å². The Kier molecular flexibility index (Phi) is 3.30. The van der Waals surface area contributed by atoms with Crippen molar-refractivity contribution in [1.82, 2.24) is 4.98 Å². The molecule has 0 amide bonds. The zero-order valence-electron chi connectivity index (χ0n) is 10.8. The molecule has 0 spiro atoms. The van der Waals surface area contributed by atoms with Crippen LogP contribution in [0, 0.1) is 0 Å². The van der Waals surface area contributed by atoms with Gasteiger partial charge in [0.25, 0.3) is 0 Å². The van der Waals surface area contributed by atoms with Gasteiger partial charge in [0.1, 0.15) is 5.82 Å². The Morgan fingerprint density at radius 2 is 1.75 bits per heavy atom. The third-order valence-electron chi connectivity index (χ3n) is 3.37. The third-order valence-corrected chi connectivity index (χ3v) is 3.67. The van der Waals surface area contributed by atoms with Gasteiger partial charge in [0, 0.05) is 17.5 Å². The first-order valence-electron chi connectivity index (χ1n) is 6.34. The first-order chi connectivity index (χ1) is 9.72. The van der Waals surface area contributed by atoms with Crippen LogP contribution in [0.2, 0.25) is 5.02 Å². The zero-order valence-corrected chi connectivity index (χ0v) is 11.6. The second kappa shape index (κ2) is 5.12. The molecule has 2 aromatic carbocycles. The van der Waals surface area contributed by atoms with Gasteiger partial charge in [-0.05, 0) is 17.2 Å². The lowest BCUT2D eigenvalue weighted by Crippen LogP contribution is -2.07. The molecule has 0 bridgehead atoms. The van der Waals surface area contributed by atoms with Crippen molar-refractivity contribution in [2.45, 2.75) is 6.54 Å². The lowest BCUT2D eigenvalue weighted by atomic mass is 9.95. The summed E-state index contributed by atoms with van der Waals surface area (Å²) in [4.78, 5) is 4.40. The second-order valence-corrected chi connectivity index (χ2v) is 4.96. The van der Waals surface area contributed by atoms with Crippen LogP contribution in [0.5, 0.6) is 0 Å². The summed E-state index contributed by atoms with van der Waals surface area (Å²) in [6.07, 6.45) is 0. The van der Waals surface area contributed by atoms with E-state index in [-0.39, 0.29) is 0 Å². The summed E-state index contributed by atoms with van der Waals surface area (Å²) < 4.78 is 0. The summed E-state index contributed by atoms with van der Waals surface area (Å²) in [6.45, 7) is 0.339. The maximum Gasteiger partial charge on any atom is 0.129 e. The first kappa shape index (κ1) is 12.9. The topological polar surface area (TPSA) is 64.9 Å². The van der Waals surface area contributed by atoms with E-state index in [4.69, 9.17) is 23.1 Å². The van der Waals surface area contributed by atoms with Crippen LogP contribution in [0.25, 0.3) is 22.0 Å². The molecule has 0 fully saturated rings. The van der Waals surface area contributed by atoms with Gasteiger partial charge in [0.2, 0.25) is 0 Å². The van der Waals surface area contributed by atoms with E-state index in [0.29, 0.717) is 22.9 Å². The summed E-state index contributed by atoms with van der Waals surface area (Å²) in [6, 6.07) is 15.7. The smallest absolute Gasteiger partial charge is 0.129 e. The number of halogens is 1. The predicted octanol–water partition coefficient (Wildman–Crippen LogP) is 3.60. The number of para-hydroxylation sites is 1. The molecule has 100 valence electrons. The van der Waals surface area contributed by atoms with E-state index in [9.17, 15) is 0 Å². The Bertz CT molecular complexity index is 770. The molecule has 3 nitrogen and oxygen atoms in total. The first-order valence-corrected chi connectivity index (χ1v) is 6.72. The maximum atomic E-state index is 6.23. The number of nitrogen functional groups attached to an aromatic ring is 1. The molecule has 4 heteroatoms. The van der Waals surface area contributed by atoms with Crippen LogP contribution < -0.4 is 11.5 Å².